The molecule has 1 aliphatic rings. The van der Waals surface area contributed by atoms with Gasteiger partial charge in [-0.2, -0.15) is 0 Å². The zero-order valence-electron chi connectivity index (χ0n) is 14.5. The molecule has 4 rings (SSSR count). The average Bonchev–Trinajstić information content (AvgIpc) is 2.67. The van der Waals surface area contributed by atoms with Crippen molar-refractivity contribution in [3.8, 4) is 5.75 Å². The molecule has 0 aromatic heterocycles. The third kappa shape index (κ3) is 3.77. The number of benzene rings is 3. The third-order valence-corrected chi connectivity index (χ3v) is 4.80. The number of anilines is 1. The summed E-state index contributed by atoms with van der Waals surface area (Å²) in [6.07, 6.45) is -3.76. The highest BCUT2D eigenvalue weighted by Crippen LogP contribution is 2.38. The molecule has 0 N–H and O–H groups in total. The van der Waals surface area contributed by atoms with Gasteiger partial charge < -0.3 is 9.64 Å². The molecule has 3 aromatic rings. The highest BCUT2D eigenvalue weighted by atomic mass is 19.4. The highest BCUT2D eigenvalue weighted by molar-refractivity contribution is 5.56. The number of ether oxygens (including phenoxy) is 1. The fourth-order valence-electron chi connectivity index (χ4n) is 3.68. The van der Waals surface area contributed by atoms with Crippen LogP contribution in [0.5, 0.6) is 5.75 Å². The van der Waals surface area contributed by atoms with E-state index < -0.39 is 6.36 Å². The molecule has 0 aliphatic carbocycles. The van der Waals surface area contributed by atoms with Gasteiger partial charge in [-0.1, -0.05) is 54.6 Å². The average molecular weight is 369 g/mol. The van der Waals surface area contributed by atoms with Crippen molar-refractivity contribution >= 4 is 5.69 Å². The van der Waals surface area contributed by atoms with Crippen LogP contribution in [0.15, 0.2) is 78.9 Å². The number of para-hydroxylation sites is 1. The van der Waals surface area contributed by atoms with E-state index in [1.165, 1.54) is 23.3 Å². The minimum absolute atomic E-state index is 0.0581. The van der Waals surface area contributed by atoms with Crippen LogP contribution in [0, 0.1) is 0 Å². The van der Waals surface area contributed by atoms with E-state index in [9.17, 15) is 13.2 Å². The third-order valence-electron chi connectivity index (χ3n) is 4.80. The molecule has 27 heavy (non-hydrogen) atoms. The van der Waals surface area contributed by atoms with Crippen LogP contribution in [-0.4, -0.2) is 12.9 Å². The van der Waals surface area contributed by atoms with Gasteiger partial charge in [0.15, 0.2) is 0 Å². The Bertz CT molecular complexity index is 907. The first-order chi connectivity index (χ1) is 13.0. The molecule has 1 atom stereocenters. The smallest absolute Gasteiger partial charge is 0.406 e. The molecular weight excluding hydrogens is 351 g/mol. The molecule has 0 radical (unpaired) electrons. The Kier molecular flexibility index (Phi) is 4.52. The van der Waals surface area contributed by atoms with Crippen LogP contribution < -0.4 is 9.64 Å². The van der Waals surface area contributed by atoms with Gasteiger partial charge in [0.2, 0.25) is 0 Å². The van der Waals surface area contributed by atoms with Crippen LogP contribution in [0.1, 0.15) is 22.7 Å². The Balaban J connectivity index is 1.74. The SMILES string of the molecule is FC(F)(F)Oc1ccc(C2c3ccccc3CCN2c2ccccc2)cc1. The number of fused-ring (bicyclic) bond motifs is 1. The van der Waals surface area contributed by atoms with Gasteiger partial charge >= 0.3 is 6.36 Å². The molecule has 0 bridgehead atoms. The van der Waals surface area contributed by atoms with Crippen molar-refractivity contribution in [3.05, 3.63) is 95.6 Å². The molecule has 1 unspecified atom stereocenters. The summed E-state index contributed by atoms with van der Waals surface area (Å²) in [6, 6.07) is 24.4. The lowest BCUT2D eigenvalue weighted by Crippen LogP contribution is -2.36. The topological polar surface area (TPSA) is 12.5 Å². The van der Waals surface area contributed by atoms with Gasteiger partial charge in [-0.05, 0) is 47.4 Å². The maximum Gasteiger partial charge on any atom is 0.573 e. The predicted octanol–water partition coefficient (Wildman–Crippen LogP) is 5.74. The van der Waals surface area contributed by atoms with Crippen molar-refractivity contribution < 1.29 is 17.9 Å². The highest BCUT2D eigenvalue weighted by Gasteiger charge is 2.32. The van der Waals surface area contributed by atoms with Crippen molar-refractivity contribution in [2.45, 2.75) is 18.8 Å². The molecule has 3 aromatic carbocycles. The Morgan fingerprint density at radius 2 is 1.48 bits per heavy atom. The fourth-order valence-corrected chi connectivity index (χ4v) is 3.68. The van der Waals surface area contributed by atoms with E-state index in [0.717, 1.165) is 24.2 Å². The van der Waals surface area contributed by atoms with Crippen molar-refractivity contribution in [1.29, 1.82) is 0 Å². The Hall–Kier alpha value is -2.95. The molecular formula is C22H18F3NO. The second-order valence-electron chi connectivity index (χ2n) is 6.50. The van der Waals surface area contributed by atoms with Gasteiger partial charge in [-0.15, -0.1) is 13.2 Å². The first-order valence-corrected chi connectivity index (χ1v) is 8.76. The van der Waals surface area contributed by atoms with Crippen LogP contribution in [0.3, 0.4) is 0 Å². The number of alkyl halides is 3. The Morgan fingerprint density at radius 1 is 0.815 bits per heavy atom. The zero-order chi connectivity index (χ0) is 18.9. The largest absolute Gasteiger partial charge is 0.573 e. The van der Waals surface area contributed by atoms with E-state index in [1.54, 1.807) is 12.1 Å². The van der Waals surface area contributed by atoms with Crippen LogP contribution in [0.4, 0.5) is 18.9 Å². The predicted molar refractivity (Wildman–Crippen MR) is 98.9 cm³/mol. The summed E-state index contributed by atoms with van der Waals surface area (Å²) in [5.41, 5.74) is 4.47. The second kappa shape index (κ2) is 6.99. The summed E-state index contributed by atoms with van der Waals surface area (Å²) in [5.74, 6) is -0.207. The summed E-state index contributed by atoms with van der Waals surface area (Å²) in [6.45, 7) is 0.840. The lowest BCUT2D eigenvalue weighted by atomic mass is 9.88. The number of hydrogen-bond donors (Lipinski definition) is 0. The molecule has 0 spiro atoms. The van der Waals surface area contributed by atoms with Crippen molar-refractivity contribution in [2.24, 2.45) is 0 Å². The van der Waals surface area contributed by atoms with Gasteiger partial charge in [-0.3, -0.25) is 0 Å². The van der Waals surface area contributed by atoms with E-state index in [4.69, 9.17) is 0 Å². The fraction of sp³-hybridized carbons (Fsp3) is 0.182. The lowest BCUT2D eigenvalue weighted by Gasteiger charge is -2.39. The first-order valence-electron chi connectivity index (χ1n) is 8.76. The van der Waals surface area contributed by atoms with Gasteiger partial charge in [-0.25, -0.2) is 0 Å². The lowest BCUT2D eigenvalue weighted by molar-refractivity contribution is -0.274. The van der Waals surface area contributed by atoms with Crippen LogP contribution in [0.25, 0.3) is 0 Å². The first kappa shape index (κ1) is 17.5. The summed E-state index contributed by atoms with van der Waals surface area (Å²) in [4.78, 5) is 2.29. The molecule has 0 saturated carbocycles. The number of halogens is 3. The monoisotopic (exact) mass is 369 g/mol. The minimum Gasteiger partial charge on any atom is -0.406 e. The molecule has 0 fully saturated rings. The molecule has 0 saturated heterocycles. The normalized spacial score (nSPS) is 16.7. The molecule has 5 heteroatoms. The Labute approximate surface area is 155 Å². The molecule has 2 nitrogen and oxygen atoms in total. The summed E-state index contributed by atoms with van der Waals surface area (Å²) in [5, 5.41) is 0. The zero-order valence-corrected chi connectivity index (χ0v) is 14.5. The van der Waals surface area contributed by atoms with E-state index in [-0.39, 0.29) is 11.8 Å². The van der Waals surface area contributed by atoms with E-state index >= 15 is 0 Å². The van der Waals surface area contributed by atoms with Crippen LogP contribution >= 0.6 is 0 Å². The van der Waals surface area contributed by atoms with E-state index in [2.05, 4.69) is 33.9 Å². The van der Waals surface area contributed by atoms with E-state index in [1.807, 2.05) is 30.3 Å². The number of hydrogen-bond acceptors (Lipinski definition) is 2. The van der Waals surface area contributed by atoms with Crippen LogP contribution in [-0.2, 0) is 6.42 Å². The summed E-state index contributed by atoms with van der Waals surface area (Å²) < 4.78 is 41.4. The van der Waals surface area contributed by atoms with Crippen molar-refractivity contribution in [3.63, 3.8) is 0 Å². The van der Waals surface area contributed by atoms with Crippen molar-refractivity contribution in [1.82, 2.24) is 0 Å². The minimum atomic E-state index is -4.69. The molecule has 138 valence electrons. The summed E-state index contributed by atoms with van der Waals surface area (Å²) >= 11 is 0. The van der Waals surface area contributed by atoms with Crippen molar-refractivity contribution in [2.75, 3.05) is 11.4 Å². The van der Waals surface area contributed by atoms with Gasteiger partial charge in [0.1, 0.15) is 5.75 Å². The molecule has 0 amide bonds. The van der Waals surface area contributed by atoms with E-state index in [0.29, 0.717) is 0 Å². The number of rotatable bonds is 3. The summed E-state index contributed by atoms with van der Waals surface area (Å²) in [7, 11) is 0. The second-order valence-corrected chi connectivity index (χ2v) is 6.50. The molecule has 1 aliphatic heterocycles. The molecule has 1 heterocycles. The quantitative estimate of drug-likeness (QED) is 0.584. The van der Waals surface area contributed by atoms with Crippen LogP contribution in [0.2, 0.25) is 0 Å². The maximum absolute atomic E-state index is 12.4. The van der Waals surface area contributed by atoms with Gasteiger partial charge in [0.05, 0.1) is 6.04 Å². The standard InChI is InChI=1S/C22H18F3NO/c23-22(24,25)27-19-12-10-17(11-13-19)21-20-9-5-4-6-16(20)14-15-26(21)18-7-2-1-3-8-18/h1-13,21H,14-15H2. The number of nitrogens with zero attached hydrogens (tertiary/aromatic N) is 1. The Morgan fingerprint density at radius 3 is 2.19 bits per heavy atom. The van der Waals surface area contributed by atoms with Gasteiger partial charge in [0, 0.05) is 12.2 Å². The maximum atomic E-state index is 12.4. The van der Waals surface area contributed by atoms with Gasteiger partial charge in [0.25, 0.3) is 0 Å².